The van der Waals surface area contributed by atoms with Crippen molar-refractivity contribution < 1.29 is 4.39 Å². The van der Waals surface area contributed by atoms with Crippen molar-refractivity contribution in [2.75, 3.05) is 0 Å². The van der Waals surface area contributed by atoms with Crippen LogP contribution in [0.15, 0.2) is 48.5 Å². The molecule has 1 atom stereocenters. The number of hydrogen-bond acceptors (Lipinski definition) is 1. The Labute approximate surface area is 124 Å². The van der Waals surface area contributed by atoms with Gasteiger partial charge in [0.05, 0.1) is 0 Å². The van der Waals surface area contributed by atoms with E-state index in [0.717, 1.165) is 24.0 Å². The maximum Gasteiger partial charge on any atom is 0.129 e. The van der Waals surface area contributed by atoms with E-state index in [9.17, 15) is 4.39 Å². The Hall–Kier alpha value is -2.16. The lowest BCUT2D eigenvalue weighted by atomic mass is 10.1. The van der Waals surface area contributed by atoms with Crippen molar-refractivity contribution in [2.45, 2.75) is 32.4 Å². The van der Waals surface area contributed by atoms with Crippen molar-refractivity contribution in [2.24, 2.45) is 0 Å². The molecule has 1 aliphatic heterocycles. The molecular weight excluding hydrogens is 263 g/mol. The predicted octanol–water partition coefficient (Wildman–Crippen LogP) is 3.99. The maximum absolute atomic E-state index is 13.3. The third-order valence-corrected chi connectivity index (χ3v) is 4.18. The van der Waals surface area contributed by atoms with Crippen LogP contribution < -0.4 is 0 Å². The SMILES string of the molecule is CC(CCc1ccccc1)N1Cc2ccc(F)cc2C1=N. The average Bonchev–Trinajstić information content (AvgIpc) is 2.83. The molecule has 0 spiro atoms. The molecule has 3 heteroatoms. The standard InChI is InChI=1S/C18H19FN2/c1-13(7-8-14-5-3-2-4-6-14)21-12-15-9-10-16(19)11-17(15)18(21)20/h2-6,9-11,13,20H,7-8,12H2,1H3. The molecule has 108 valence electrons. The molecule has 0 saturated heterocycles. The van der Waals surface area contributed by atoms with Crippen LogP contribution in [0.4, 0.5) is 4.39 Å². The van der Waals surface area contributed by atoms with Gasteiger partial charge in [-0.1, -0.05) is 36.4 Å². The van der Waals surface area contributed by atoms with E-state index in [1.54, 1.807) is 6.07 Å². The van der Waals surface area contributed by atoms with Gasteiger partial charge in [-0.15, -0.1) is 0 Å². The van der Waals surface area contributed by atoms with Crippen LogP contribution in [-0.4, -0.2) is 16.8 Å². The second-order valence-corrected chi connectivity index (χ2v) is 5.65. The first-order valence-corrected chi connectivity index (χ1v) is 7.33. The number of nitrogens with one attached hydrogen (secondary N) is 1. The van der Waals surface area contributed by atoms with E-state index in [4.69, 9.17) is 5.41 Å². The fraction of sp³-hybridized carbons (Fsp3) is 0.278. The highest BCUT2D eigenvalue weighted by atomic mass is 19.1. The van der Waals surface area contributed by atoms with Gasteiger partial charge in [0.2, 0.25) is 0 Å². The maximum atomic E-state index is 13.3. The number of hydrogen-bond donors (Lipinski definition) is 1. The molecule has 0 radical (unpaired) electrons. The van der Waals surface area contributed by atoms with Crippen molar-refractivity contribution in [3.05, 3.63) is 71.0 Å². The summed E-state index contributed by atoms with van der Waals surface area (Å²) in [6.45, 7) is 2.85. The molecule has 2 nitrogen and oxygen atoms in total. The molecule has 1 heterocycles. The molecule has 0 aliphatic carbocycles. The zero-order valence-electron chi connectivity index (χ0n) is 12.1. The van der Waals surface area contributed by atoms with Crippen LogP contribution in [-0.2, 0) is 13.0 Å². The Morgan fingerprint density at radius 3 is 2.71 bits per heavy atom. The summed E-state index contributed by atoms with van der Waals surface area (Å²) in [5.41, 5.74) is 3.10. The minimum Gasteiger partial charge on any atom is -0.350 e. The van der Waals surface area contributed by atoms with Gasteiger partial charge in [0, 0.05) is 18.2 Å². The van der Waals surface area contributed by atoms with Gasteiger partial charge in [-0.2, -0.15) is 0 Å². The fourth-order valence-corrected chi connectivity index (χ4v) is 2.88. The first kappa shape index (κ1) is 13.8. The van der Waals surface area contributed by atoms with Crippen LogP contribution in [0.3, 0.4) is 0 Å². The number of halogens is 1. The van der Waals surface area contributed by atoms with Crippen LogP contribution in [0.1, 0.15) is 30.0 Å². The van der Waals surface area contributed by atoms with Crippen LogP contribution in [0.5, 0.6) is 0 Å². The minimum atomic E-state index is -0.266. The van der Waals surface area contributed by atoms with Crippen LogP contribution >= 0.6 is 0 Å². The van der Waals surface area contributed by atoms with Crippen molar-refractivity contribution in [1.82, 2.24) is 4.90 Å². The molecule has 1 aliphatic rings. The zero-order chi connectivity index (χ0) is 14.8. The molecule has 1 unspecified atom stereocenters. The van der Waals surface area contributed by atoms with Gasteiger partial charge in [-0.05, 0) is 43.0 Å². The van der Waals surface area contributed by atoms with Crippen molar-refractivity contribution in [3.63, 3.8) is 0 Å². The molecule has 3 rings (SSSR count). The second kappa shape index (κ2) is 5.68. The summed E-state index contributed by atoms with van der Waals surface area (Å²) in [5.74, 6) is 0.183. The molecular formula is C18H19FN2. The van der Waals surface area contributed by atoms with E-state index in [1.807, 2.05) is 6.07 Å². The largest absolute Gasteiger partial charge is 0.350 e. The monoisotopic (exact) mass is 282 g/mol. The first-order chi connectivity index (χ1) is 10.1. The summed E-state index contributed by atoms with van der Waals surface area (Å²) in [5, 5.41) is 8.26. The lowest BCUT2D eigenvalue weighted by molar-refractivity contribution is 0.318. The third-order valence-electron chi connectivity index (χ3n) is 4.18. The molecule has 0 saturated carbocycles. The van der Waals surface area contributed by atoms with Crippen molar-refractivity contribution in [3.8, 4) is 0 Å². The first-order valence-electron chi connectivity index (χ1n) is 7.33. The minimum absolute atomic E-state index is 0.266. The topological polar surface area (TPSA) is 27.1 Å². The van der Waals surface area contributed by atoms with E-state index in [1.165, 1.54) is 17.7 Å². The average molecular weight is 282 g/mol. The van der Waals surface area contributed by atoms with E-state index >= 15 is 0 Å². The van der Waals surface area contributed by atoms with Gasteiger partial charge in [-0.3, -0.25) is 5.41 Å². The zero-order valence-corrected chi connectivity index (χ0v) is 12.1. The molecule has 0 bridgehead atoms. The number of amidine groups is 1. The molecule has 0 fully saturated rings. The molecule has 1 N–H and O–H groups in total. The Balaban J connectivity index is 1.67. The third kappa shape index (κ3) is 2.82. The number of aryl methyl sites for hydroxylation is 1. The van der Waals surface area contributed by atoms with Crippen molar-refractivity contribution in [1.29, 1.82) is 5.41 Å². The van der Waals surface area contributed by atoms with Crippen LogP contribution in [0.25, 0.3) is 0 Å². The van der Waals surface area contributed by atoms with Gasteiger partial charge in [0.15, 0.2) is 0 Å². The van der Waals surface area contributed by atoms with Crippen molar-refractivity contribution >= 4 is 5.84 Å². The van der Waals surface area contributed by atoms with E-state index in [2.05, 4.69) is 36.1 Å². The summed E-state index contributed by atoms with van der Waals surface area (Å²) < 4.78 is 13.3. The fourth-order valence-electron chi connectivity index (χ4n) is 2.88. The molecule has 2 aromatic carbocycles. The molecule has 21 heavy (non-hydrogen) atoms. The summed E-state index contributed by atoms with van der Waals surface area (Å²) in [6, 6.07) is 15.4. The van der Waals surface area contributed by atoms with Gasteiger partial charge >= 0.3 is 0 Å². The summed E-state index contributed by atoms with van der Waals surface area (Å²) >= 11 is 0. The highest BCUT2D eigenvalue weighted by Crippen LogP contribution is 2.26. The highest BCUT2D eigenvalue weighted by Gasteiger charge is 2.27. The Morgan fingerprint density at radius 1 is 1.19 bits per heavy atom. The molecule has 2 aromatic rings. The number of rotatable bonds is 4. The lowest BCUT2D eigenvalue weighted by Gasteiger charge is -2.26. The van der Waals surface area contributed by atoms with E-state index in [-0.39, 0.29) is 11.9 Å². The Bertz CT molecular complexity index is 652. The summed E-state index contributed by atoms with van der Waals surface area (Å²) in [4.78, 5) is 2.06. The Kier molecular flexibility index (Phi) is 3.74. The van der Waals surface area contributed by atoms with Gasteiger partial charge < -0.3 is 4.90 Å². The quantitative estimate of drug-likeness (QED) is 0.902. The van der Waals surface area contributed by atoms with Gasteiger partial charge in [-0.25, -0.2) is 4.39 Å². The second-order valence-electron chi connectivity index (χ2n) is 5.65. The summed E-state index contributed by atoms with van der Waals surface area (Å²) in [6.07, 6.45) is 1.99. The van der Waals surface area contributed by atoms with Crippen LogP contribution in [0, 0.1) is 11.2 Å². The van der Waals surface area contributed by atoms with Crippen LogP contribution in [0.2, 0.25) is 0 Å². The number of benzene rings is 2. The number of fused-ring (bicyclic) bond motifs is 1. The van der Waals surface area contributed by atoms with Gasteiger partial charge in [0.1, 0.15) is 11.7 Å². The highest BCUT2D eigenvalue weighted by molar-refractivity contribution is 6.00. The Morgan fingerprint density at radius 2 is 1.95 bits per heavy atom. The van der Waals surface area contributed by atoms with Gasteiger partial charge in [0.25, 0.3) is 0 Å². The summed E-state index contributed by atoms with van der Waals surface area (Å²) in [7, 11) is 0. The normalized spacial score (nSPS) is 15.1. The predicted molar refractivity (Wildman–Crippen MR) is 83.0 cm³/mol. The lowest BCUT2D eigenvalue weighted by Crippen LogP contribution is -2.33. The molecule has 0 amide bonds. The number of nitrogens with zero attached hydrogens (tertiary/aromatic N) is 1. The molecule has 0 aromatic heterocycles. The smallest absolute Gasteiger partial charge is 0.129 e. The van der Waals surface area contributed by atoms with E-state index in [0.29, 0.717) is 12.4 Å². The van der Waals surface area contributed by atoms with E-state index < -0.39 is 0 Å².